The molecule has 0 aromatic rings. The van der Waals surface area contributed by atoms with Gasteiger partial charge in [-0.1, -0.05) is 0 Å². The summed E-state index contributed by atoms with van der Waals surface area (Å²) in [6.07, 6.45) is 5.86. The Kier molecular flexibility index (Phi) is 4.45. The van der Waals surface area contributed by atoms with Crippen LogP contribution in [0.15, 0.2) is 0 Å². The molecule has 2 fully saturated rings. The molecule has 1 aliphatic heterocycles. The Balaban J connectivity index is 1.77. The number of hydrogen-bond acceptors (Lipinski definition) is 3. The Morgan fingerprint density at radius 2 is 1.83 bits per heavy atom. The highest BCUT2D eigenvalue weighted by Crippen LogP contribution is 2.45. The Bertz CT molecular complexity index is 277. The summed E-state index contributed by atoms with van der Waals surface area (Å²) in [5, 5.41) is 17.7. The van der Waals surface area contributed by atoms with Gasteiger partial charge in [0, 0.05) is 13.1 Å². The maximum Gasteiger partial charge on any atom is 0.407 e. The summed E-state index contributed by atoms with van der Waals surface area (Å²) in [5.74, 6) is 0. The van der Waals surface area contributed by atoms with Crippen molar-refractivity contribution in [1.82, 2.24) is 4.90 Å². The fourth-order valence-corrected chi connectivity index (χ4v) is 3.26. The molecule has 18 heavy (non-hydrogen) atoms. The molecule has 0 aromatic heterocycles. The molecule has 5 nitrogen and oxygen atoms in total. The molecule has 2 N–H and O–H groups in total. The molecule has 2 aliphatic rings. The molecule has 1 aliphatic carbocycles. The van der Waals surface area contributed by atoms with Crippen LogP contribution in [0.2, 0.25) is 0 Å². The van der Waals surface area contributed by atoms with Crippen molar-refractivity contribution in [3.05, 3.63) is 0 Å². The highest BCUT2D eigenvalue weighted by atomic mass is 16.5. The zero-order valence-corrected chi connectivity index (χ0v) is 10.8. The minimum Gasteiger partial charge on any atom is -0.465 e. The third kappa shape index (κ3) is 3.14. The van der Waals surface area contributed by atoms with Crippen LogP contribution < -0.4 is 0 Å². The first-order valence-corrected chi connectivity index (χ1v) is 6.86. The number of carbonyl (C=O) groups is 1. The molecular formula is C13H23NO4. The van der Waals surface area contributed by atoms with Crippen LogP contribution >= 0.6 is 0 Å². The number of hydrogen-bond donors (Lipinski definition) is 2. The molecule has 1 heterocycles. The molecule has 1 saturated carbocycles. The number of amides is 1. The highest BCUT2D eigenvalue weighted by molar-refractivity contribution is 5.65. The quantitative estimate of drug-likeness (QED) is 0.807. The topological polar surface area (TPSA) is 70.0 Å². The van der Waals surface area contributed by atoms with Crippen molar-refractivity contribution in [3.63, 3.8) is 0 Å². The van der Waals surface area contributed by atoms with Crippen LogP contribution in [0.25, 0.3) is 0 Å². The largest absolute Gasteiger partial charge is 0.465 e. The first kappa shape index (κ1) is 13.6. The lowest BCUT2D eigenvalue weighted by Gasteiger charge is -2.45. The number of rotatable bonds is 3. The van der Waals surface area contributed by atoms with Gasteiger partial charge in [0.05, 0.1) is 19.3 Å². The van der Waals surface area contributed by atoms with Gasteiger partial charge in [0.2, 0.25) is 0 Å². The predicted octanol–water partition coefficient (Wildman–Crippen LogP) is 1.70. The Labute approximate surface area is 108 Å². The van der Waals surface area contributed by atoms with E-state index < -0.39 is 6.09 Å². The number of piperidine rings is 1. The molecule has 0 radical (unpaired) electrons. The second kappa shape index (κ2) is 5.89. The second-order valence-corrected chi connectivity index (χ2v) is 5.56. The highest BCUT2D eigenvalue weighted by Gasteiger charge is 2.39. The minimum absolute atomic E-state index is 0.0925. The summed E-state index contributed by atoms with van der Waals surface area (Å²) < 4.78 is 5.57. The van der Waals surface area contributed by atoms with Gasteiger partial charge >= 0.3 is 6.09 Å². The van der Waals surface area contributed by atoms with E-state index in [0.29, 0.717) is 31.2 Å². The Morgan fingerprint density at radius 3 is 2.33 bits per heavy atom. The maximum atomic E-state index is 10.9. The smallest absolute Gasteiger partial charge is 0.407 e. The van der Waals surface area contributed by atoms with Crippen LogP contribution in [0.5, 0.6) is 0 Å². The monoisotopic (exact) mass is 257 g/mol. The average molecular weight is 257 g/mol. The van der Waals surface area contributed by atoms with Crippen molar-refractivity contribution in [2.45, 2.75) is 44.6 Å². The third-order valence-electron chi connectivity index (χ3n) is 4.53. The number of aliphatic hydroxyl groups is 1. The van der Waals surface area contributed by atoms with Gasteiger partial charge in [0.1, 0.15) is 0 Å². The summed E-state index contributed by atoms with van der Waals surface area (Å²) in [6.45, 7) is 1.88. The van der Waals surface area contributed by atoms with Crippen LogP contribution in [0.4, 0.5) is 4.79 Å². The van der Waals surface area contributed by atoms with Gasteiger partial charge in [0.15, 0.2) is 0 Å². The molecule has 2 rings (SSSR count). The summed E-state index contributed by atoms with van der Waals surface area (Å²) in [4.78, 5) is 12.4. The zero-order valence-electron chi connectivity index (χ0n) is 10.8. The van der Waals surface area contributed by atoms with E-state index in [1.54, 1.807) is 0 Å². The molecule has 0 bridgehead atoms. The number of carboxylic acid groups (broad SMARTS) is 1. The summed E-state index contributed by atoms with van der Waals surface area (Å²) in [7, 11) is 0. The van der Waals surface area contributed by atoms with Gasteiger partial charge < -0.3 is 19.8 Å². The van der Waals surface area contributed by atoms with Gasteiger partial charge in [-0.25, -0.2) is 4.79 Å². The van der Waals surface area contributed by atoms with E-state index in [1.165, 1.54) is 4.90 Å². The van der Waals surface area contributed by atoms with E-state index in [4.69, 9.17) is 14.9 Å². The van der Waals surface area contributed by atoms with E-state index >= 15 is 0 Å². The van der Waals surface area contributed by atoms with Crippen molar-refractivity contribution in [3.8, 4) is 0 Å². The maximum absolute atomic E-state index is 10.9. The van der Waals surface area contributed by atoms with Crippen molar-refractivity contribution >= 4 is 6.09 Å². The first-order valence-electron chi connectivity index (χ1n) is 6.86. The van der Waals surface area contributed by atoms with Crippen molar-refractivity contribution < 1.29 is 19.7 Å². The van der Waals surface area contributed by atoms with Gasteiger partial charge in [0.25, 0.3) is 0 Å². The number of aliphatic hydroxyl groups excluding tert-OH is 1. The van der Waals surface area contributed by atoms with Gasteiger partial charge in [-0.05, 0) is 43.9 Å². The van der Waals surface area contributed by atoms with E-state index in [-0.39, 0.29) is 6.61 Å². The molecule has 5 heteroatoms. The minimum atomic E-state index is -0.787. The lowest BCUT2D eigenvalue weighted by Crippen LogP contribution is -2.44. The molecular weight excluding hydrogens is 234 g/mol. The van der Waals surface area contributed by atoms with Crippen LogP contribution in [0.1, 0.15) is 38.5 Å². The molecule has 0 unspecified atom stereocenters. The molecule has 1 amide bonds. The van der Waals surface area contributed by atoms with Crippen LogP contribution in [0, 0.1) is 5.41 Å². The lowest BCUT2D eigenvalue weighted by molar-refractivity contribution is -0.0311. The lowest BCUT2D eigenvalue weighted by atomic mass is 9.67. The summed E-state index contributed by atoms with van der Waals surface area (Å²) >= 11 is 0. The van der Waals surface area contributed by atoms with Crippen molar-refractivity contribution in [2.24, 2.45) is 5.41 Å². The van der Waals surface area contributed by atoms with E-state index in [9.17, 15) is 4.79 Å². The molecule has 0 atom stereocenters. The zero-order chi connectivity index (χ0) is 13.0. The fourth-order valence-electron chi connectivity index (χ4n) is 3.26. The normalized spacial score (nSPS) is 24.4. The first-order chi connectivity index (χ1) is 8.65. The van der Waals surface area contributed by atoms with E-state index in [1.807, 2.05) is 0 Å². The van der Waals surface area contributed by atoms with Gasteiger partial charge in [-0.15, -0.1) is 0 Å². The van der Waals surface area contributed by atoms with E-state index in [0.717, 1.165) is 38.5 Å². The molecule has 1 spiro atoms. The number of ether oxygens (including phenoxy) is 1. The summed E-state index contributed by atoms with van der Waals surface area (Å²) in [5.41, 5.74) is 0.352. The van der Waals surface area contributed by atoms with Crippen LogP contribution in [-0.4, -0.2) is 53.6 Å². The van der Waals surface area contributed by atoms with E-state index in [2.05, 4.69) is 0 Å². The number of nitrogens with zero attached hydrogens (tertiary/aromatic N) is 1. The van der Waals surface area contributed by atoms with Crippen molar-refractivity contribution in [2.75, 3.05) is 26.3 Å². The fraction of sp³-hybridized carbons (Fsp3) is 0.923. The Morgan fingerprint density at radius 1 is 1.22 bits per heavy atom. The number of likely N-dealkylation sites (tertiary alicyclic amines) is 1. The van der Waals surface area contributed by atoms with Crippen LogP contribution in [0.3, 0.4) is 0 Å². The predicted molar refractivity (Wildman–Crippen MR) is 66.6 cm³/mol. The molecule has 1 saturated heterocycles. The molecule has 104 valence electrons. The summed E-state index contributed by atoms with van der Waals surface area (Å²) in [6, 6.07) is 0. The SMILES string of the molecule is O=C(O)N1CCC2(CCC(OCCO)CC2)CC1. The van der Waals surface area contributed by atoms with Gasteiger partial charge in [-0.3, -0.25) is 0 Å². The molecule has 0 aromatic carbocycles. The van der Waals surface area contributed by atoms with Gasteiger partial charge in [-0.2, -0.15) is 0 Å². The standard InChI is InChI=1S/C13H23NO4/c15-9-10-18-11-1-3-13(4-2-11)5-7-14(8-6-13)12(16)17/h11,15H,1-10H2,(H,16,17). The second-order valence-electron chi connectivity index (χ2n) is 5.56. The van der Waals surface area contributed by atoms with Crippen molar-refractivity contribution in [1.29, 1.82) is 0 Å². The Hall–Kier alpha value is -0.810. The van der Waals surface area contributed by atoms with Crippen LogP contribution in [-0.2, 0) is 4.74 Å². The third-order valence-corrected chi connectivity index (χ3v) is 4.53. The average Bonchev–Trinajstić information content (AvgIpc) is 2.39.